The second kappa shape index (κ2) is 7.45. The Labute approximate surface area is 129 Å². The van der Waals surface area contributed by atoms with Gasteiger partial charge in [0.2, 0.25) is 11.8 Å². The molecule has 0 aliphatic heterocycles. The minimum atomic E-state index is -0.0747. The standard InChI is InChI=1S/C17H20N2O3/c1-13(20)19(2)12-14-6-3-4-8-16(14)18-17(21)10-9-15-7-5-11-22-15/h3-8,11H,9-10,12H2,1-2H3,(H,18,21). The average molecular weight is 300 g/mol. The van der Waals surface area contributed by atoms with Crippen molar-refractivity contribution in [1.29, 1.82) is 0 Å². The van der Waals surface area contributed by atoms with Crippen LogP contribution in [-0.2, 0) is 22.6 Å². The van der Waals surface area contributed by atoms with Gasteiger partial charge in [-0.25, -0.2) is 0 Å². The molecular formula is C17H20N2O3. The minimum Gasteiger partial charge on any atom is -0.469 e. The number of aryl methyl sites for hydroxylation is 1. The van der Waals surface area contributed by atoms with Gasteiger partial charge in [0.25, 0.3) is 0 Å². The molecule has 116 valence electrons. The normalized spacial score (nSPS) is 10.3. The lowest BCUT2D eigenvalue weighted by molar-refractivity contribution is -0.128. The number of para-hydroxylation sites is 1. The van der Waals surface area contributed by atoms with Crippen molar-refractivity contribution >= 4 is 17.5 Å². The average Bonchev–Trinajstić information content (AvgIpc) is 3.00. The molecule has 0 aliphatic rings. The summed E-state index contributed by atoms with van der Waals surface area (Å²) in [6.45, 7) is 1.98. The summed E-state index contributed by atoms with van der Waals surface area (Å²) in [7, 11) is 1.73. The summed E-state index contributed by atoms with van der Waals surface area (Å²) in [6, 6.07) is 11.2. The van der Waals surface area contributed by atoms with Crippen LogP contribution >= 0.6 is 0 Å². The summed E-state index contributed by atoms with van der Waals surface area (Å²) in [5, 5.41) is 2.90. The number of amides is 2. The van der Waals surface area contributed by atoms with Gasteiger partial charge < -0.3 is 14.6 Å². The molecule has 5 heteroatoms. The number of nitrogens with zero attached hydrogens (tertiary/aromatic N) is 1. The molecule has 1 aromatic heterocycles. The Kier molecular flexibility index (Phi) is 5.36. The molecule has 1 N–H and O–H groups in total. The van der Waals surface area contributed by atoms with Gasteiger partial charge >= 0.3 is 0 Å². The van der Waals surface area contributed by atoms with Gasteiger partial charge in [-0.1, -0.05) is 18.2 Å². The Morgan fingerprint density at radius 1 is 1.18 bits per heavy atom. The molecule has 0 fully saturated rings. The van der Waals surface area contributed by atoms with E-state index in [1.165, 1.54) is 6.92 Å². The molecule has 0 radical (unpaired) electrons. The first-order valence-corrected chi connectivity index (χ1v) is 7.18. The molecule has 5 nitrogen and oxygen atoms in total. The van der Waals surface area contributed by atoms with E-state index in [0.29, 0.717) is 19.4 Å². The lowest BCUT2D eigenvalue weighted by atomic mass is 10.1. The van der Waals surface area contributed by atoms with E-state index in [1.54, 1.807) is 24.3 Å². The Morgan fingerprint density at radius 2 is 1.95 bits per heavy atom. The number of hydrogen-bond donors (Lipinski definition) is 1. The number of anilines is 1. The van der Waals surface area contributed by atoms with E-state index in [2.05, 4.69) is 5.32 Å². The molecule has 2 aromatic rings. The monoisotopic (exact) mass is 300 g/mol. The first-order chi connectivity index (χ1) is 10.6. The van der Waals surface area contributed by atoms with Crippen molar-refractivity contribution < 1.29 is 14.0 Å². The predicted molar refractivity (Wildman–Crippen MR) is 84.2 cm³/mol. The molecule has 2 rings (SSSR count). The highest BCUT2D eigenvalue weighted by molar-refractivity contribution is 5.91. The fourth-order valence-electron chi connectivity index (χ4n) is 2.05. The zero-order chi connectivity index (χ0) is 15.9. The van der Waals surface area contributed by atoms with E-state index in [1.807, 2.05) is 30.3 Å². The van der Waals surface area contributed by atoms with Crippen LogP contribution in [0.15, 0.2) is 47.1 Å². The Morgan fingerprint density at radius 3 is 2.64 bits per heavy atom. The van der Waals surface area contributed by atoms with E-state index in [0.717, 1.165) is 17.0 Å². The number of rotatable bonds is 6. The van der Waals surface area contributed by atoms with Gasteiger partial charge in [0.05, 0.1) is 6.26 Å². The summed E-state index contributed by atoms with van der Waals surface area (Å²) >= 11 is 0. The number of carbonyl (C=O) groups is 2. The van der Waals surface area contributed by atoms with Crippen LogP contribution in [0.1, 0.15) is 24.7 Å². The predicted octanol–water partition coefficient (Wildman–Crippen LogP) is 2.83. The van der Waals surface area contributed by atoms with Crippen LogP contribution < -0.4 is 5.32 Å². The maximum atomic E-state index is 12.0. The Balaban J connectivity index is 1.96. The van der Waals surface area contributed by atoms with Gasteiger partial charge in [0.15, 0.2) is 0 Å². The molecule has 1 heterocycles. The van der Waals surface area contributed by atoms with Crippen LogP contribution in [0.4, 0.5) is 5.69 Å². The van der Waals surface area contributed by atoms with Crippen molar-refractivity contribution in [2.75, 3.05) is 12.4 Å². The molecular weight excluding hydrogens is 280 g/mol. The second-order valence-corrected chi connectivity index (χ2v) is 5.16. The SMILES string of the molecule is CC(=O)N(C)Cc1ccccc1NC(=O)CCc1ccco1. The third kappa shape index (κ3) is 4.48. The summed E-state index contributed by atoms with van der Waals surface area (Å²) < 4.78 is 5.21. The molecule has 0 saturated carbocycles. The third-order valence-electron chi connectivity index (χ3n) is 3.42. The van der Waals surface area contributed by atoms with Gasteiger partial charge in [0.1, 0.15) is 5.76 Å². The molecule has 22 heavy (non-hydrogen) atoms. The zero-order valence-electron chi connectivity index (χ0n) is 12.8. The molecule has 2 amide bonds. The molecule has 0 atom stereocenters. The van der Waals surface area contributed by atoms with Gasteiger partial charge in [0, 0.05) is 39.0 Å². The summed E-state index contributed by atoms with van der Waals surface area (Å²) in [5.74, 6) is 0.702. The van der Waals surface area contributed by atoms with Gasteiger partial charge in [-0.15, -0.1) is 0 Å². The van der Waals surface area contributed by atoms with Crippen LogP contribution in [0.25, 0.3) is 0 Å². The van der Waals surface area contributed by atoms with Crippen molar-refractivity contribution in [3.8, 4) is 0 Å². The van der Waals surface area contributed by atoms with Crippen molar-refractivity contribution in [2.24, 2.45) is 0 Å². The first kappa shape index (κ1) is 15.8. The number of carbonyl (C=O) groups excluding carboxylic acids is 2. The van der Waals surface area contributed by atoms with Crippen molar-refractivity contribution in [3.63, 3.8) is 0 Å². The quantitative estimate of drug-likeness (QED) is 0.892. The number of hydrogen-bond acceptors (Lipinski definition) is 3. The summed E-state index contributed by atoms with van der Waals surface area (Å²) in [4.78, 5) is 25.0. The van der Waals surface area contributed by atoms with Gasteiger partial charge in [-0.3, -0.25) is 9.59 Å². The minimum absolute atomic E-state index is 0.0149. The van der Waals surface area contributed by atoms with Crippen LogP contribution in [-0.4, -0.2) is 23.8 Å². The molecule has 0 unspecified atom stereocenters. The Bertz CT molecular complexity index is 635. The highest BCUT2D eigenvalue weighted by Gasteiger charge is 2.10. The van der Waals surface area contributed by atoms with Gasteiger partial charge in [-0.2, -0.15) is 0 Å². The smallest absolute Gasteiger partial charge is 0.224 e. The second-order valence-electron chi connectivity index (χ2n) is 5.16. The van der Waals surface area contributed by atoms with Crippen molar-refractivity contribution in [2.45, 2.75) is 26.3 Å². The zero-order valence-corrected chi connectivity index (χ0v) is 12.8. The van der Waals surface area contributed by atoms with Crippen LogP contribution in [0.5, 0.6) is 0 Å². The van der Waals surface area contributed by atoms with E-state index in [9.17, 15) is 9.59 Å². The van der Waals surface area contributed by atoms with E-state index >= 15 is 0 Å². The summed E-state index contributed by atoms with van der Waals surface area (Å²) in [5.41, 5.74) is 1.64. The number of nitrogens with one attached hydrogen (secondary N) is 1. The lowest BCUT2D eigenvalue weighted by Crippen LogP contribution is -2.24. The lowest BCUT2D eigenvalue weighted by Gasteiger charge is -2.17. The topological polar surface area (TPSA) is 62.6 Å². The molecule has 0 aliphatic carbocycles. The van der Waals surface area contributed by atoms with Crippen LogP contribution in [0.2, 0.25) is 0 Å². The van der Waals surface area contributed by atoms with Crippen LogP contribution in [0, 0.1) is 0 Å². The van der Waals surface area contributed by atoms with Crippen LogP contribution in [0.3, 0.4) is 0 Å². The molecule has 1 aromatic carbocycles. The molecule has 0 bridgehead atoms. The van der Waals surface area contributed by atoms with Gasteiger partial charge in [-0.05, 0) is 23.8 Å². The maximum absolute atomic E-state index is 12.0. The highest BCUT2D eigenvalue weighted by atomic mass is 16.3. The molecule has 0 saturated heterocycles. The highest BCUT2D eigenvalue weighted by Crippen LogP contribution is 2.17. The fourth-order valence-corrected chi connectivity index (χ4v) is 2.05. The summed E-state index contributed by atoms with van der Waals surface area (Å²) in [6.07, 6.45) is 2.51. The number of benzene rings is 1. The Hall–Kier alpha value is -2.56. The number of furan rings is 1. The van der Waals surface area contributed by atoms with E-state index < -0.39 is 0 Å². The van der Waals surface area contributed by atoms with Crippen molar-refractivity contribution in [1.82, 2.24) is 4.90 Å². The van der Waals surface area contributed by atoms with Crippen molar-refractivity contribution in [3.05, 3.63) is 54.0 Å². The van der Waals surface area contributed by atoms with E-state index in [-0.39, 0.29) is 11.8 Å². The largest absolute Gasteiger partial charge is 0.469 e. The maximum Gasteiger partial charge on any atom is 0.224 e. The first-order valence-electron chi connectivity index (χ1n) is 7.18. The third-order valence-corrected chi connectivity index (χ3v) is 3.42. The molecule has 0 spiro atoms. The fraction of sp³-hybridized carbons (Fsp3) is 0.294. The van der Waals surface area contributed by atoms with E-state index in [4.69, 9.17) is 4.42 Å².